The van der Waals surface area contributed by atoms with Crippen LogP contribution in [0.5, 0.6) is 17.2 Å². The molecule has 5 rings (SSSR count). The highest BCUT2D eigenvalue weighted by Crippen LogP contribution is 2.34. The van der Waals surface area contributed by atoms with Crippen molar-refractivity contribution in [1.82, 2.24) is 4.98 Å². The molecule has 33 heavy (non-hydrogen) atoms. The quantitative estimate of drug-likeness (QED) is 0.458. The molecule has 0 fully saturated rings. The molecule has 1 unspecified atom stereocenters. The normalized spacial score (nSPS) is 15.3. The van der Waals surface area contributed by atoms with Crippen molar-refractivity contribution in [2.45, 2.75) is 32.9 Å². The van der Waals surface area contributed by atoms with Gasteiger partial charge in [0.05, 0.1) is 26.5 Å². The van der Waals surface area contributed by atoms with Gasteiger partial charge in [-0.05, 0) is 73.0 Å². The Balaban J connectivity index is 1.49. The highest BCUT2D eigenvalue weighted by molar-refractivity contribution is 5.86. The Hall–Kier alpha value is -3.44. The van der Waals surface area contributed by atoms with E-state index >= 15 is 0 Å². The number of aromatic nitrogens is 1. The number of nitrogens with two attached hydrogens (primary N) is 1. The highest BCUT2D eigenvalue weighted by atomic mass is 16.5. The zero-order chi connectivity index (χ0) is 22.9. The van der Waals surface area contributed by atoms with E-state index in [9.17, 15) is 0 Å². The minimum absolute atomic E-state index is 0.206. The molecule has 0 saturated carbocycles. The maximum atomic E-state index is 6.22. The van der Waals surface area contributed by atoms with Gasteiger partial charge in [0.15, 0.2) is 6.04 Å². The Labute approximate surface area is 194 Å². The van der Waals surface area contributed by atoms with Gasteiger partial charge in [-0.2, -0.15) is 0 Å². The first-order valence-corrected chi connectivity index (χ1v) is 11.5. The van der Waals surface area contributed by atoms with Crippen LogP contribution in [0, 0.1) is 13.8 Å². The van der Waals surface area contributed by atoms with Crippen LogP contribution in [0.2, 0.25) is 0 Å². The summed E-state index contributed by atoms with van der Waals surface area (Å²) in [6.07, 6.45) is 1.04. The van der Waals surface area contributed by atoms with Gasteiger partial charge >= 0.3 is 0 Å². The molecule has 0 radical (unpaired) electrons. The fraction of sp³-hybridized carbons (Fsp3) is 0.286. The van der Waals surface area contributed by atoms with E-state index in [0.29, 0.717) is 6.61 Å². The number of ether oxygens (including phenoxy) is 3. The molecule has 1 aliphatic rings. The first-order valence-electron chi connectivity index (χ1n) is 11.5. The number of hydrogen-bond donors (Lipinski definition) is 2. The summed E-state index contributed by atoms with van der Waals surface area (Å²) < 4.78 is 17.3. The molecular formula is C28H31N2O3+. The lowest BCUT2D eigenvalue weighted by molar-refractivity contribution is -0.690. The molecule has 0 spiro atoms. The summed E-state index contributed by atoms with van der Waals surface area (Å²) in [4.78, 5) is 3.69. The predicted octanol–water partition coefficient (Wildman–Crippen LogP) is 4.59. The first kappa shape index (κ1) is 21.4. The van der Waals surface area contributed by atoms with E-state index in [1.54, 1.807) is 14.2 Å². The summed E-state index contributed by atoms with van der Waals surface area (Å²) in [6.45, 7) is 5.71. The fourth-order valence-electron chi connectivity index (χ4n) is 4.87. The van der Waals surface area contributed by atoms with Crippen LogP contribution in [0.4, 0.5) is 0 Å². The van der Waals surface area contributed by atoms with Gasteiger partial charge in [-0.15, -0.1) is 0 Å². The van der Waals surface area contributed by atoms with Crippen LogP contribution in [0.15, 0.2) is 54.6 Å². The van der Waals surface area contributed by atoms with Crippen LogP contribution in [0.1, 0.15) is 39.6 Å². The second kappa shape index (κ2) is 8.83. The molecule has 1 aliphatic heterocycles. The van der Waals surface area contributed by atoms with E-state index in [-0.39, 0.29) is 6.04 Å². The summed E-state index contributed by atoms with van der Waals surface area (Å²) in [5.41, 5.74) is 8.52. The number of nitrogens with one attached hydrogen (secondary N) is 1. The lowest BCUT2D eigenvalue weighted by Gasteiger charge is -2.23. The highest BCUT2D eigenvalue weighted by Gasteiger charge is 2.29. The molecule has 170 valence electrons. The number of fused-ring (bicyclic) bond motifs is 3. The largest absolute Gasteiger partial charge is 0.497 e. The molecular weight excluding hydrogens is 412 g/mol. The van der Waals surface area contributed by atoms with E-state index in [1.165, 1.54) is 33.3 Å². The molecule has 0 aliphatic carbocycles. The third-order valence-electron chi connectivity index (χ3n) is 6.86. The number of methoxy groups -OCH3 is 2. The van der Waals surface area contributed by atoms with E-state index in [2.05, 4.69) is 60.5 Å². The third kappa shape index (κ3) is 3.93. The number of benzene rings is 3. The molecule has 2 heterocycles. The summed E-state index contributed by atoms with van der Waals surface area (Å²) in [5, 5.41) is 3.67. The van der Waals surface area contributed by atoms with Crippen molar-refractivity contribution in [1.29, 1.82) is 0 Å². The first-order chi connectivity index (χ1) is 16.1. The van der Waals surface area contributed by atoms with Gasteiger partial charge in [0, 0.05) is 28.5 Å². The van der Waals surface area contributed by atoms with E-state index in [1.807, 2.05) is 18.2 Å². The van der Waals surface area contributed by atoms with Crippen molar-refractivity contribution >= 4 is 10.9 Å². The van der Waals surface area contributed by atoms with Crippen LogP contribution < -0.4 is 19.5 Å². The predicted molar refractivity (Wildman–Crippen MR) is 130 cm³/mol. The molecule has 0 saturated heterocycles. The van der Waals surface area contributed by atoms with E-state index in [4.69, 9.17) is 14.2 Å². The smallest absolute Gasteiger partial charge is 0.153 e. The number of H-pyrrole nitrogens is 1. The van der Waals surface area contributed by atoms with Crippen LogP contribution in [0.3, 0.4) is 0 Å². The van der Waals surface area contributed by atoms with Crippen LogP contribution >= 0.6 is 0 Å². The van der Waals surface area contributed by atoms with Gasteiger partial charge in [-0.1, -0.05) is 12.1 Å². The zero-order valence-corrected chi connectivity index (χ0v) is 19.7. The summed E-state index contributed by atoms with van der Waals surface area (Å²) in [5.74, 6) is 2.66. The average Bonchev–Trinajstić information content (AvgIpc) is 3.22. The van der Waals surface area contributed by atoms with E-state index < -0.39 is 0 Å². The van der Waals surface area contributed by atoms with Gasteiger partial charge < -0.3 is 24.5 Å². The molecule has 1 atom stereocenters. The fourth-order valence-corrected chi connectivity index (χ4v) is 4.87. The van der Waals surface area contributed by atoms with Crippen LogP contribution in [-0.2, 0) is 13.0 Å². The van der Waals surface area contributed by atoms with Gasteiger partial charge in [0.1, 0.15) is 23.9 Å². The molecule has 5 heteroatoms. The van der Waals surface area contributed by atoms with Crippen molar-refractivity contribution < 1.29 is 19.5 Å². The summed E-state index contributed by atoms with van der Waals surface area (Å²) in [7, 11) is 3.43. The minimum atomic E-state index is 0.206. The van der Waals surface area contributed by atoms with Crippen LogP contribution in [0.25, 0.3) is 10.9 Å². The summed E-state index contributed by atoms with van der Waals surface area (Å²) in [6, 6.07) is 19.1. The summed E-state index contributed by atoms with van der Waals surface area (Å²) >= 11 is 0. The molecule has 3 aromatic carbocycles. The second-order valence-electron chi connectivity index (χ2n) is 8.74. The number of quaternary nitrogens is 1. The Bertz CT molecular complexity index is 1310. The van der Waals surface area contributed by atoms with Gasteiger partial charge in [-0.25, -0.2) is 0 Å². The standard InChI is InChI=1S/C28H30N2O3/c1-17-6-5-7-25(18(17)2)33-16-20-14-19(8-11-26(20)32-4)27-28-22(12-13-29-27)23-15-21(31-3)9-10-24(23)30-28/h5-11,14-15,27,29-30H,12-13,16H2,1-4H3/p+1. The lowest BCUT2D eigenvalue weighted by Crippen LogP contribution is -2.87. The van der Waals surface area contributed by atoms with E-state index in [0.717, 1.165) is 41.3 Å². The van der Waals surface area contributed by atoms with Gasteiger partial charge in [0.25, 0.3) is 0 Å². The molecule has 4 aromatic rings. The monoisotopic (exact) mass is 443 g/mol. The molecule has 3 N–H and O–H groups in total. The lowest BCUT2D eigenvalue weighted by atomic mass is 9.93. The van der Waals surface area contributed by atoms with Crippen molar-refractivity contribution in [3.05, 3.63) is 88.1 Å². The average molecular weight is 444 g/mol. The Morgan fingerprint density at radius 3 is 2.67 bits per heavy atom. The maximum absolute atomic E-state index is 6.22. The number of aryl methyl sites for hydroxylation is 1. The molecule has 0 amide bonds. The van der Waals surface area contributed by atoms with Crippen molar-refractivity contribution in [3.8, 4) is 17.2 Å². The molecule has 5 nitrogen and oxygen atoms in total. The number of hydrogen-bond acceptors (Lipinski definition) is 3. The van der Waals surface area contributed by atoms with Gasteiger partial charge in [0.2, 0.25) is 0 Å². The second-order valence-corrected chi connectivity index (χ2v) is 8.74. The zero-order valence-electron chi connectivity index (χ0n) is 19.7. The Morgan fingerprint density at radius 1 is 0.970 bits per heavy atom. The maximum Gasteiger partial charge on any atom is 0.153 e. The third-order valence-corrected chi connectivity index (χ3v) is 6.86. The number of aromatic amines is 1. The molecule has 0 bridgehead atoms. The topological polar surface area (TPSA) is 60.1 Å². The van der Waals surface area contributed by atoms with Crippen molar-refractivity contribution in [3.63, 3.8) is 0 Å². The van der Waals surface area contributed by atoms with Gasteiger partial charge in [-0.3, -0.25) is 0 Å². The van der Waals surface area contributed by atoms with Crippen LogP contribution in [-0.4, -0.2) is 25.7 Å². The van der Waals surface area contributed by atoms with Crippen molar-refractivity contribution in [2.24, 2.45) is 0 Å². The minimum Gasteiger partial charge on any atom is -0.497 e. The molecule has 1 aromatic heterocycles. The number of rotatable bonds is 6. The Morgan fingerprint density at radius 2 is 1.85 bits per heavy atom. The van der Waals surface area contributed by atoms with Crippen molar-refractivity contribution in [2.75, 3.05) is 20.8 Å². The SMILES string of the molecule is COc1ccc2[nH]c3c(c2c1)CC[NH2+]C3c1ccc(OC)c(COc2cccc(C)c2C)c1. The Kier molecular flexibility index (Phi) is 5.73.